The van der Waals surface area contributed by atoms with Crippen LogP contribution >= 0.6 is 0 Å². The van der Waals surface area contributed by atoms with Crippen LogP contribution in [0.4, 0.5) is 5.69 Å². The highest BCUT2D eigenvalue weighted by Gasteiger charge is 2.34. The second-order valence-electron chi connectivity index (χ2n) is 11.3. The van der Waals surface area contributed by atoms with Crippen molar-refractivity contribution in [1.82, 2.24) is 4.57 Å². The number of anilines is 1. The highest BCUT2D eigenvalue weighted by molar-refractivity contribution is 6.07. The average molecular weight is 551 g/mol. The fourth-order valence-corrected chi connectivity index (χ4v) is 5.34. The number of benzene rings is 3. The van der Waals surface area contributed by atoms with Crippen molar-refractivity contribution in [3.63, 3.8) is 0 Å². The van der Waals surface area contributed by atoms with Crippen LogP contribution in [0.5, 0.6) is 0 Å². The van der Waals surface area contributed by atoms with Gasteiger partial charge in [0.2, 0.25) is 0 Å². The molecule has 4 aromatic rings. The quantitative estimate of drug-likeness (QED) is 0.238. The van der Waals surface area contributed by atoms with Gasteiger partial charge in [-0.3, -0.25) is 19.0 Å². The van der Waals surface area contributed by atoms with E-state index in [2.05, 4.69) is 5.32 Å². The van der Waals surface area contributed by atoms with E-state index >= 15 is 0 Å². The monoisotopic (exact) mass is 550 g/mol. The Balaban J connectivity index is 2.18. The summed E-state index contributed by atoms with van der Waals surface area (Å²) >= 11 is 0. The fraction of sp³-hybridized carbons (Fsp3) is 0.286. The first-order valence-electron chi connectivity index (χ1n) is 13.9. The summed E-state index contributed by atoms with van der Waals surface area (Å²) in [4.78, 5) is 41.4. The number of aryl methyl sites for hydroxylation is 4. The number of rotatable bonds is 8. The van der Waals surface area contributed by atoms with Crippen molar-refractivity contribution in [2.75, 3.05) is 5.32 Å². The average Bonchev–Trinajstić information content (AvgIpc) is 2.91. The van der Waals surface area contributed by atoms with Crippen molar-refractivity contribution < 1.29 is 14.7 Å². The molecule has 1 aromatic heterocycles. The van der Waals surface area contributed by atoms with Crippen molar-refractivity contribution in [2.24, 2.45) is 5.92 Å². The Labute approximate surface area is 241 Å². The summed E-state index contributed by atoms with van der Waals surface area (Å²) in [6.45, 7) is 13.7. The van der Waals surface area contributed by atoms with Gasteiger partial charge in [0, 0.05) is 22.6 Å². The number of carboxylic acids is 1. The van der Waals surface area contributed by atoms with Crippen molar-refractivity contribution in [2.45, 2.75) is 60.8 Å². The molecule has 0 saturated heterocycles. The summed E-state index contributed by atoms with van der Waals surface area (Å²) in [6, 6.07) is 20.6. The molecule has 6 heteroatoms. The third kappa shape index (κ3) is 6.02. The van der Waals surface area contributed by atoms with E-state index in [4.69, 9.17) is 0 Å². The van der Waals surface area contributed by atoms with Gasteiger partial charge in [0.15, 0.2) is 0 Å². The maximum Gasteiger partial charge on any atom is 0.311 e. The van der Waals surface area contributed by atoms with E-state index in [9.17, 15) is 19.5 Å². The number of amides is 1. The number of pyridine rings is 1. The Bertz CT molecular complexity index is 1680. The zero-order valence-corrected chi connectivity index (χ0v) is 24.8. The first-order valence-corrected chi connectivity index (χ1v) is 13.9. The molecule has 0 saturated carbocycles. The minimum Gasteiger partial charge on any atom is -0.481 e. The van der Waals surface area contributed by atoms with Gasteiger partial charge in [0.05, 0.1) is 5.92 Å². The fourth-order valence-electron chi connectivity index (χ4n) is 5.34. The number of para-hydroxylation sites is 1. The van der Waals surface area contributed by atoms with E-state index < -0.39 is 23.4 Å². The van der Waals surface area contributed by atoms with Gasteiger partial charge in [-0.15, -0.1) is 0 Å². The number of hydrogen-bond acceptors (Lipinski definition) is 3. The number of carbonyl (C=O) groups excluding carboxylic acids is 1. The maximum absolute atomic E-state index is 14.5. The standard InChI is InChI=1S/C35H38N2O4/c1-20(2)17-29(35(40)41)31-30(26-15-13-21(3)23(5)18-26)25(7)37(28-16-14-22(4)24(6)19-28)34(39)32(31)33(38)36-27-11-9-8-10-12-27/h8-16,18-20,29H,17H2,1-7H3,(H,36,38)(H,40,41). The highest BCUT2D eigenvalue weighted by Crippen LogP contribution is 2.38. The first kappa shape index (κ1) is 29.5. The SMILES string of the molecule is Cc1ccc(-c2c(C(CC(C)C)C(=O)O)c(C(=O)Nc3ccccc3)c(=O)n(-c3ccc(C)c(C)c3)c2C)cc1C. The number of aliphatic carboxylic acids is 1. The van der Waals surface area contributed by atoms with Crippen LogP contribution in [0.3, 0.4) is 0 Å². The summed E-state index contributed by atoms with van der Waals surface area (Å²) in [7, 11) is 0. The normalized spacial score (nSPS) is 11.9. The lowest BCUT2D eigenvalue weighted by atomic mass is 9.81. The number of carboxylic acid groups (broad SMARTS) is 1. The molecule has 1 unspecified atom stereocenters. The van der Waals surface area contributed by atoms with Crippen LogP contribution in [-0.4, -0.2) is 21.6 Å². The Hall–Kier alpha value is -4.45. The summed E-state index contributed by atoms with van der Waals surface area (Å²) in [5.41, 5.74) is 6.85. The predicted molar refractivity (Wildman–Crippen MR) is 165 cm³/mol. The molecule has 4 rings (SSSR count). The summed E-state index contributed by atoms with van der Waals surface area (Å²) in [5, 5.41) is 13.4. The second-order valence-corrected chi connectivity index (χ2v) is 11.3. The van der Waals surface area contributed by atoms with E-state index in [1.165, 1.54) is 0 Å². The Morgan fingerprint density at radius 3 is 2.00 bits per heavy atom. The molecular formula is C35H38N2O4. The molecule has 1 atom stereocenters. The van der Waals surface area contributed by atoms with Crippen LogP contribution in [0.15, 0.2) is 71.5 Å². The third-order valence-electron chi connectivity index (χ3n) is 7.81. The van der Waals surface area contributed by atoms with Gasteiger partial charge in [-0.2, -0.15) is 0 Å². The lowest BCUT2D eigenvalue weighted by Gasteiger charge is -2.26. The maximum atomic E-state index is 14.5. The molecule has 41 heavy (non-hydrogen) atoms. The van der Waals surface area contributed by atoms with E-state index in [0.717, 1.165) is 27.8 Å². The minimum atomic E-state index is -1.07. The number of nitrogens with zero attached hydrogens (tertiary/aromatic N) is 1. The molecule has 6 nitrogen and oxygen atoms in total. The molecule has 1 heterocycles. The van der Waals surface area contributed by atoms with Gasteiger partial charge in [0.1, 0.15) is 5.56 Å². The van der Waals surface area contributed by atoms with Gasteiger partial charge in [0.25, 0.3) is 11.5 Å². The number of hydrogen-bond donors (Lipinski definition) is 2. The molecule has 0 radical (unpaired) electrons. The van der Waals surface area contributed by atoms with E-state index in [-0.39, 0.29) is 23.5 Å². The molecule has 1 amide bonds. The molecule has 0 fully saturated rings. The Morgan fingerprint density at radius 1 is 0.829 bits per heavy atom. The van der Waals surface area contributed by atoms with Crippen LogP contribution < -0.4 is 10.9 Å². The van der Waals surface area contributed by atoms with Gasteiger partial charge in [-0.1, -0.05) is 56.3 Å². The molecule has 0 aliphatic carbocycles. The molecular weight excluding hydrogens is 512 g/mol. The Morgan fingerprint density at radius 2 is 1.44 bits per heavy atom. The largest absolute Gasteiger partial charge is 0.481 e. The lowest BCUT2D eigenvalue weighted by Crippen LogP contribution is -2.34. The van der Waals surface area contributed by atoms with Crippen LogP contribution in [0.1, 0.15) is 70.1 Å². The molecule has 0 aliphatic rings. The smallest absolute Gasteiger partial charge is 0.311 e. The van der Waals surface area contributed by atoms with Crippen LogP contribution in [0.2, 0.25) is 0 Å². The minimum absolute atomic E-state index is 0.0104. The summed E-state index contributed by atoms with van der Waals surface area (Å²) < 4.78 is 1.55. The van der Waals surface area contributed by atoms with Crippen LogP contribution in [0.25, 0.3) is 16.8 Å². The van der Waals surface area contributed by atoms with Crippen molar-refractivity contribution >= 4 is 17.6 Å². The molecule has 212 valence electrons. The zero-order valence-electron chi connectivity index (χ0n) is 24.8. The van der Waals surface area contributed by atoms with Gasteiger partial charge >= 0.3 is 5.97 Å². The molecule has 0 bridgehead atoms. The molecule has 3 aromatic carbocycles. The number of aromatic nitrogens is 1. The van der Waals surface area contributed by atoms with Gasteiger partial charge in [-0.05, 0) is 105 Å². The summed E-state index contributed by atoms with van der Waals surface area (Å²) in [6.07, 6.45) is 0.269. The third-order valence-corrected chi connectivity index (χ3v) is 7.81. The van der Waals surface area contributed by atoms with Gasteiger partial charge in [-0.25, -0.2) is 0 Å². The van der Waals surface area contributed by atoms with Gasteiger partial charge < -0.3 is 10.4 Å². The molecule has 0 spiro atoms. The second kappa shape index (κ2) is 12.0. The highest BCUT2D eigenvalue weighted by atomic mass is 16.4. The first-order chi connectivity index (χ1) is 19.4. The van der Waals surface area contributed by atoms with E-state index in [0.29, 0.717) is 22.6 Å². The van der Waals surface area contributed by atoms with Crippen molar-refractivity contribution in [1.29, 1.82) is 0 Å². The van der Waals surface area contributed by atoms with E-state index in [1.54, 1.807) is 28.8 Å². The number of carbonyl (C=O) groups is 2. The summed E-state index contributed by atoms with van der Waals surface area (Å²) in [5.74, 6) is -2.76. The van der Waals surface area contributed by atoms with Crippen molar-refractivity contribution in [3.8, 4) is 16.8 Å². The van der Waals surface area contributed by atoms with E-state index in [1.807, 2.05) is 90.9 Å². The van der Waals surface area contributed by atoms with Crippen molar-refractivity contribution in [3.05, 3.63) is 116 Å². The zero-order chi connectivity index (χ0) is 30.0. The predicted octanol–water partition coefficient (Wildman–Crippen LogP) is 7.51. The van der Waals surface area contributed by atoms with Crippen LogP contribution in [-0.2, 0) is 4.79 Å². The molecule has 2 N–H and O–H groups in total. The number of nitrogens with one attached hydrogen (secondary N) is 1. The molecule has 0 aliphatic heterocycles. The van der Waals surface area contributed by atoms with Crippen LogP contribution in [0, 0.1) is 40.5 Å². The topological polar surface area (TPSA) is 88.4 Å². The Kier molecular flexibility index (Phi) is 8.62. The lowest BCUT2D eigenvalue weighted by molar-refractivity contribution is -0.139.